The Kier molecular flexibility index (Phi) is 7.33. The van der Waals surface area contributed by atoms with E-state index in [0.717, 1.165) is 30.8 Å². The maximum atomic E-state index is 6.22. The number of benzene rings is 1. The van der Waals surface area contributed by atoms with Gasteiger partial charge in [0, 0.05) is 18.2 Å². The molecule has 2 atom stereocenters. The highest BCUT2D eigenvalue weighted by atomic mass is 35.5. The number of rotatable bonds is 8. The van der Waals surface area contributed by atoms with Crippen LogP contribution in [0.1, 0.15) is 32.3 Å². The lowest BCUT2D eigenvalue weighted by molar-refractivity contribution is 0.0653. The molecular weight excluding hydrogens is 246 g/mol. The van der Waals surface area contributed by atoms with Gasteiger partial charge in [0.05, 0.1) is 6.10 Å². The van der Waals surface area contributed by atoms with Crippen LogP contribution in [0.25, 0.3) is 0 Å². The average Bonchev–Trinajstić information content (AvgIpc) is 2.39. The molecular formula is C15H24ClNO. The standard InChI is InChI=1S/C15H24ClNO/c1-4-10-17-14(15(5-2)18-3)11-12-8-6-7-9-13(12)16/h6-9,14-15,17H,4-5,10-11H2,1-3H3. The molecule has 2 nitrogen and oxygen atoms in total. The van der Waals surface area contributed by atoms with Crippen LogP contribution in [0, 0.1) is 0 Å². The van der Waals surface area contributed by atoms with Crippen LogP contribution in [0.15, 0.2) is 24.3 Å². The summed E-state index contributed by atoms with van der Waals surface area (Å²) in [6.45, 7) is 5.34. The van der Waals surface area contributed by atoms with Crippen molar-refractivity contribution < 1.29 is 4.74 Å². The predicted molar refractivity (Wildman–Crippen MR) is 78.3 cm³/mol. The van der Waals surface area contributed by atoms with Gasteiger partial charge >= 0.3 is 0 Å². The van der Waals surface area contributed by atoms with Crippen LogP contribution in [0.2, 0.25) is 5.02 Å². The molecule has 18 heavy (non-hydrogen) atoms. The van der Waals surface area contributed by atoms with Gasteiger partial charge in [0.25, 0.3) is 0 Å². The molecule has 1 aromatic rings. The maximum absolute atomic E-state index is 6.22. The van der Waals surface area contributed by atoms with Gasteiger partial charge in [0.1, 0.15) is 0 Å². The van der Waals surface area contributed by atoms with E-state index in [1.165, 1.54) is 5.56 Å². The van der Waals surface area contributed by atoms with Gasteiger partial charge < -0.3 is 10.1 Å². The number of halogens is 1. The Morgan fingerprint density at radius 3 is 2.56 bits per heavy atom. The first kappa shape index (κ1) is 15.5. The Morgan fingerprint density at radius 1 is 1.28 bits per heavy atom. The van der Waals surface area contributed by atoms with E-state index in [-0.39, 0.29) is 6.10 Å². The van der Waals surface area contributed by atoms with E-state index in [1.807, 2.05) is 18.2 Å². The van der Waals surface area contributed by atoms with Crippen LogP contribution in [0.5, 0.6) is 0 Å². The molecule has 0 fully saturated rings. The van der Waals surface area contributed by atoms with Crippen molar-refractivity contribution in [3.05, 3.63) is 34.9 Å². The highest BCUT2D eigenvalue weighted by Crippen LogP contribution is 2.19. The van der Waals surface area contributed by atoms with E-state index in [0.29, 0.717) is 6.04 Å². The Morgan fingerprint density at radius 2 is 2.00 bits per heavy atom. The summed E-state index contributed by atoms with van der Waals surface area (Å²) in [5.74, 6) is 0. The van der Waals surface area contributed by atoms with Crippen LogP contribution in [0.4, 0.5) is 0 Å². The van der Waals surface area contributed by atoms with E-state index >= 15 is 0 Å². The molecule has 0 bridgehead atoms. The number of hydrogen-bond acceptors (Lipinski definition) is 2. The molecule has 1 N–H and O–H groups in total. The van der Waals surface area contributed by atoms with Gasteiger partial charge in [0.2, 0.25) is 0 Å². The third-order valence-corrected chi connectivity index (χ3v) is 3.58. The predicted octanol–water partition coefficient (Wildman–Crippen LogP) is 3.68. The largest absolute Gasteiger partial charge is 0.380 e. The summed E-state index contributed by atoms with van der Waals surface area (Å²) < 4.78 is 5.57. The van der Waals surface area contributed by atoms with E-state index in [2.05, 4.69) is 25.2 Å². The highest BCUT2D eigenvalue weighted by Gasteiger charge is 2.20. The summed E-state index contributed by atoms with van der Waals surface area (Å²) in [6, 6.07) is 8.35. The lowest BCUT2D eigenvalue weighted by atomic mass is 9.99. The third-order valence-electron chi connectivity index (χ3n) is 3.21. The summed E-state index contributed by atoms with van der Waals surface area (Å²) in [7, 11) is 1.78. The Bertz CT molecular complexity index is 339. The molecule has 0 radical (unpaired) electrons. The molecule has 0 amide bonds. The number of ether oxygens (including phenoxy) is 1. The molecule has 0 saturated carbocycles. The van der Waals surface area contributed by atoms with E-state index in [4.69, 9.17) is 16.3 Å². The van der Waals surface area contributed by atoms with Gasteiger partial charge in [-0.1, -0.05) is 43.6 Å². The lowest BCUT2D eigenvalue weighted by Gasteiger charge is -2.26. The number of hydrogen-bond donors (Lipinski definition) is 1. The SMILES string of the molecule is CCCNC(Cc1ccccc1Cl)C(CC)OC. The van der Waals surface area contributed by atoms with E-state index in [9.17, 15) is 0 Å². The summed E-state index contributed by atoms with van der Waals surface area (Å²) in [5, 5.41) is 4.40. The van der Waals surface area contributed by atoms with Gasteiger partial charge in [-0.15, -0.1) is 0 Å². The molecule has 0 aromatic heterocycles. The van der Waals surface area contributed by atoms with E-state index < -0.39 is 0 Å². The molecule has 3 heteroatoms. The molecule has 0 aliphatic carbocycles. The minimum absolute atomic E-state index is 0.229. The molecule has 1 aromatic carbocycles. The van der Waals surface area contributed by atoms with Crippen LogP contribution in [-0.4, -0.2) is 25.8 Å². The molecule has 0 saturated heterocycles. The molecule has 0 spiro atoms. The fourth-order valence-electron chi connectivity index (χ4n) is 2.18. The highest BCUT2D eigenvalue weighted by molar-refractivity contribution is 6.31. The summed E-state index contributed by atoms with van der Waals surface area (Å²) in [6.07, 6.45) is 3.26. The van der Waals surface area contributed by atoms with Gasteiger partial charge in [0.15, 0.2) is 0 Å². The Hall–Kier alpha value is -0.570. The molecule has 0 aliphatic rings. The van der Waals surface area contributed by atoms with Crippen LogP contribution >= 0.6 is 11.6 Å². The van der Waals surface area contributed by atoms with E-state index in [1.54, 1.807) is 7.11 Å². The second-order valence-electron chi connectivity index (χ2n) is 4.54. The normalized spacial score (nSPS) is 14.4. The third kappa shape index (κ3) is 4.60. The van der Waals surface area contributed by atoms with Crippen molar-refractivity contribution in [2.24, 2.45) is 0 Å². The van der Waals surface area contributed by atoms with Crippen LogP contribution in [0.3, 0.4) is 0 Å². The van der Waals surface area contributed by atoms with Crippen LogP contribution < -0.4 is 5.32 Å². The van der Waals surface area contributed by atoms with Gasteiger partial charge in [-0.2, -0.15) is 0 Å². The molecule has 0 heterocycles. The monoisotopic (exact) mass is 269 g/mol. The minimum atomic E-state index is 0.229. The Labute approximate surface area is 116 Å². The summed E-state index contributed by atoms with van der Waals surface area (Å²) in [4.78, 5) is 0. The zero-order valence-electron chi connectivity index (χ0n) is 11.6. The first-order valence-electron chi connectivity index (χ1n) is 6.72. The van der Waals surface area contributed by atoms with Gasteiger partial charge in [-0.3, -0.25) is 0 Å². The van der Waals surface area contributed by atoms with Gasteiger partial charge in [-0.25, -0.2) is 0 Å². The van der Waals surface area contributed by atoms with Crippen molar-refractivity contribution in [2.75, 3.05) is 13.7 Å². The minimum Gasteiger partial charge on any atom is -0.380 e. The zero-order chi connectivity index (χ0) is 13.4. The molecule has 0 aliphatic heterocycles. The lowest BCUT2D eigenvalue weighted by Crippen LogP contribution is -2.42. The zero-order valence-corrected chi connectivity index (χ0v) is 12.3. The van der Waals surface area contributed by atoms with Crippen molar-refractivity contribution in [2.45, 2.75) is 45.3 Å². The average molecular weight is 270 g/mol. The van der Waals surface area contributed by atoms with Crippen molar-refractivity contribution in [1.29, 1.82) is 0 Å². The second-order valence-corrected chi connectivity index (χ2v) is 4.95. The summed E-state index contributed by atoms with van der Waals surface area (Å²) >= 11 is 6.22. The fraction of sp³-hybridized carbons (Fsp3) is 0.600. The van der Waals surface area contributed by atoms with Crippen molar-refractivity contribution in [3.8, 4) is 0 Å². The number of nitrogens with one attached hydrogen (secondary N) is 1. The topological polar surface area (TPSA) is 21.3 Å². The second kappa shape index (κ2) is 8.52. The first-order chi connectivity index (χ1) is 8.72. The van der Waals surface area contributed by atoms with Crippen molar-refractivity contribution >= 4 is 11.6 Å². The molecule has 2 unspecified atom stereocenters. The first-order valence-corrected chi connectivity index (χ1v) is 7.10. The van der Waals surface area contributed by atoms with Crippen LogP contribution in [-0.2, 0) is 11.2 Å². The quantitative estimate of drug-likeness (QED) is 0.777. The van der Waals surface area contributed by atoms with Crippen molar-refractivity contribution in [1.82, 2.24) is 5.32 Å². The molecule has 1 rings (SSSR count). The maximum Gasteiger partial charge on any atom is 0.0724 e. The smallest absolute Gasteiger partial charge is 0.0724 e. The molecule has 102 valence electrons. The summed E-state index contributed by atoms with van der Waals surface area (Å²) in [5.41, 5.74) is 1.18. The Balaban J connectivity index is 2.74. The van der Waals surface area contributed by atoms with Crippen molar-refractivity contribution in [3.63, 3.8) is 0 Å². The van der Waals surface area contributed by atoms with Gasteiger partial charge in [-0.05, 0) is 37.4 Å². The fourth-order valence-corrected chi connectivity index (χ4v) is 2.39. The number of methoxy groups -OCH3 is 1.